The van der Waals surface area contributed by atoms with Crippen LogP contribution < -0.4 is 10.6 Å². The van der Waals surface area contributed by atoms with Gasteiger partial charge < -0.3 is 10.1 Å². The number of nitrogens with zero attached hydrogens (tertiary/aromatic N) is 3. The van der Waals surface area contributed by atoms with Crippen LogP contribution in [0.15, 0.2) is 102 Å². The summed E-state index contributed by atoms with van der Waals surface area (Å²) in [6.45, 7) is 2.00. The molecule has 0 aliphatic carbocycles. The van der Waals surface area contributed by atoms with Gasteiger partial charge in [-0.3, -0.25) is 5.32 Å². The second-order valence-electron chi connectivity index (χ2n) is 8.23. The van der Waals surface area contributed by atoms with Crippen LogP contribution >= 0.6 is 15.9 Å². The van der Waals surface area contributed by atoms with Gasteiger partial charge in [-0.25, -0.2) is 19.7 Å². The second-order valence-corrected chi connectivity index (χ2v) is 9.15. The SMILES string of the molecule is CCOC(=O)Nc1cc(NC(c2ccccc2)c2ccccc2)c2nc(-c3ccc(Br)cc3)cnc2n1. The highest BCUT2D eigenvalue weighted by atomic mass is 79.9. The van der Waals surface area contributed by atoms with Crippen LogP contribution in [0.2, 0.25) is 0 Å². The zero-order valence-corrected chi connectivity index (χ0v) is 21.6. The molecule has 2 heterocycles. The number of fused-ring (bicyclic) bond motifs is 1. The molecule has 5 aromatic rings. The van der Waals surface area contributed by atoms with Crippen LogP contribution in [0, 0.1) is 0 Å². The number of pyridine rings is 1. The highest BCUT2D eigenvalue weighted by Gasteiger charge is 2.19. The van der Waals surface area contributed by atoms with E-state index in [4.69, 9.17) is 9.72 Å². The third kappa shape index (κ3) is 5.76. The molecule has 0 saturated carbocycles. The maximum atomic E-state index is 12.2. The van der Waals surface area contributed by atoms with E-state index in [0.717, 1.165) is 21.2 Å². The van der Waals surface area contributed by atoms with Gasteiger partial charge in [-0.1, -0.05) is 88.7 Å². The number of anilines is 2. The van der Waals surface area contributed by atoms with Crippen LogP contribution in [0.3, 0.4) is 0 Å². The van der Waals surface area contributed by atoms with Gasteiger partial charge >= 0.3 is 6.09 Å². The van der Waals surface area contributed by atoms with Crippen LogP contribution in [-0.4, -0.2) is 27.7 Å². The summed E-state index contributed by atoms with van der Waals surface area (Å²) in [5.41, 5.74) is 5.48. The molecule has 0 spiro atoms. The Hall–Kier alpha value is -4.30. The number of amides is 1. The monoisotopic (exact) mass is 553 g/mol. The van der Waals surface area contributed by atoms with E-state index >= 15 is 0 Å². The molecule has 0 bridgehead atoms. The van der Waals surface area contributed by atoms with E-state index in [1.165, 1.54) is 0 Å². The molecule has 37 heavy (non-hydrogen) atoms. The van der Waals surface area contributed by atoms with Crippen molar-refractivity contribution < 1.29 is 9.53 Å². The van der Waals surface area contributed by atoms with Gasteiger partial charge in [0.1, 0.15) is 11.3 Å². The molecule has 0 radical (unpaired) electrons. The number of hydrogen-bond donors (Lipinski definition) is 2. The summed E-state index contributed by atoms with van der Waals surface area (Å²) < 4.78 is 6.04. The van der Waals surface area contributed by atoms with Crippen molar-refractivity contribution in [2.75, 3.05) is 17.2 Å². The number of carbonyl (C=O) groups excluding carboxylic acids is 1. The second kappa shape index (κ2) is 11.2. The lowest BCUT2D eigenvalue weighted by molar-refractivity contribution is 0.168. The maximum absolute atomic E-state index is 12.2. The Kier molecular flexibility index (Phi) is 7.37. The van der Waals surface area contributed by atoms with Crippen molar-refractivity contribution in [3.8, 4) is 11.3 Å². The molecule has 2 aromatic heterocycles. The molecule has 0 fully saturated rings. The van der Waals surface area contributed by atoms with Crippen molar-refractivity contribution in [2.45, 2.75) is 13.0 Å². The fourth-order valence-electron chi connectivity index (χ4n) is 4.01. The van der Waals surface area contributed by atoms with Gasteiger partial charge in [0.15, 0.2) is 5.65 Å². The molecule has 8 heteroatoms. The summed E-state index contributed by atoms with van der Waals surface area (Å²) in [5, 5.41) is 6.34. The van der Waals surface area contributed by atoms with Gasteiger partial charge in [0, 0.05) is 16.1 Å². The lowest BCUT2D eigenvalue weighted by Gasteiger charge is -2.22. The Balaban J connectivity index is 1.63. The number of halogens is 1. The molecule has 3 aromatic carbocycles. The predicted molar refractivity (Wildman–Crippen MR) is 149 cm³/mol. The molecule has 7 nitrogen and oxygen atoms in total. The summed E-state index contributed by atoms with van der Waals surface area (Å²) in [4.78, 5) is 26.2. The smallest absolute Gasteiger partial charge is 0.412 e. The first kappa shape index (κ1) is 24.4. The Labute approximate surface area is 223 Å². The van der Waals surface area contributed by atoms with Gasteiger partial charge in [-0.2, -0.15) is 0 Å². The van der Waals surface area contributed by atoms with Crippen LogP contribution in [0.25, 0.3) is 22.4 Å². The minimum atomic E-state index is -0.581. The fraction of sp³-hybridized carbons (Fsp3) is 0.103. The molecular weight excluding hydrogens is 530 g/mol. The van der Waals surface area contributed by atoms with Gasteiger partial charge in [0.2, 0.25) is 0 Å². The van der Waals surface area contributed by atoms with E-state index in [1.807, 2.05) is 60.7 Å². The topological polar surface area (TPSA) is 89.0 Å². The lowest BCUT2D eigenvalue weighted by Crippen LogP contribution is -2.16. The number of carbonyl (C=O) groups is 1. The summed E-state index contributed by atoms with van der Waals surface area (Å²) in [6, 6.07) is 29.8. The Morgan fingerprint density at radius 2 is 1.57 bits per heavy atom. The van der Waals surface area contributed by atoms with Crippen molar-refractivity contribution in [1.82, 2.24) is 15.0 Å². The minimum absolute atomic E-state index is 0.179. The molecule has 0 aliphatic rings. The third-order valence-electron chi connectivity index (χ3n) is 5.73. The molecule has 0 unspecified atom stereocenters. The van der Waals surface area contributed by atoms with Crippen molar-refractivity contribution in [1.29, 1.82) is 0 Å². The van der Waals surface area contributed by atoms with Crippen molar-refractivity contribution in [3.63, 3.8) is 0 Å². The van der Waals surface area contributed by atoms with E-state index in [9.17, 15) is 4.79 Å². The van der Waals surface area contributed by atoms with Gasteiger partial charge in [-0.05, 0) is 30.2 Å². The molecule has 0 aliphatic heterocycles. The molecule has 5 rings (SSSR count). The zero-order valence-electron chi connectivity index (χ0n) is 20.1. The molecule has 184 valence electrons. The van der Waals surface area contributed by atoms with Gasteiger partial charge in [0.25, 0.3) is 0 Å². The standard InChI is InChI=1S/C29H24BrN5O2/c1-2-37-29(36)35-25-17-23(32-26(20-9-5-3-6-10-20)21-11-7-4-8-12-21)27-28(34-25)31-18-24(33-27)19-13-15-22(30)16-14-19/h3-18,26H,2H2,1H3,(H2,31,32,34,35,36). The molecule has 1 amide bonds. The summed E-state index contributed by atoms with van der Waals surface area (Å²) in [6.07, 6.45) is 1.10. The van der Waals surface area contributed by atoms with Crippen LogP contribution in [0.5, 0.6) is 0 Å². The number of benzene rings is 3. The lowest BCUT2D eigenvalue weighted by atomic mass is 9.98. The fourth-order valence-corrected chi connectivity index (χ4v) is 4.27. The molecular formula is C29H24BrN5O2. The Morgan fingerprint density at radius 1 is 0.919 bits per heavy atom. The Morgan fingerprint density at radius 3 is 2.19 bits per heavy atom. The van der Waals surface area contributed by atoms with E-state index in [0.29, 0.717) is 28.4 Å². The molecule has 0 atom stereocenters. The van der Waals surface area contributed by atoms with E-state index in [-0.39, 0.29) is 12.6 Å². The Bertz CT molecular complexity index is 1470. The van der Waals surface area contributed by atoms with Crippen molar-refractivity contribution >= 4 is 44.7 Å². The number of rotatable bonds is 7. The summed E-state index contributed by atoms with van der Waals surface area (Å²) in [7, 11) is 0. The van der Waals surface area contributed by atoms with E-state index in [1.54, 1.807) is 19.2 Å². The first-order valence-electron chi connectivity index (χ1n) is 11.8. The molecule has 0 saturated heterocycles. The quantitative estimate of drug-likeness (QED) is 0.221. The summed E-state index contributed by atoms with van der Waals surface area (Å²) >= 11 is 3.48. The first-order chi connectivity index (χ1) is 18.1. The normalized spacial score (nSPS) is 10.9. The minimum Gasteiger partial charge on any atom is -0.450 e. The van der Waals surface area contributed by atoms with Crippen molar-refractivity contribution in [3.05, 3.63) is 113 Å². The predicted octanol–water partition coefficient (Wildman–Crippen LogP) is 7.22. The van der Waals surface area contributed by atoms with Gasteiger partial charge in [-0.15, -0.1) is 0 Å². The summed E-state index contributed by atoms with van der Waals surface area (Å²) in [5.74, 6) is 0.319. The van der Waals surface area contributed by atoms with Crippen LogP contribution in [0.4, 0.5) is 16.3 Å². The zero-order chi connectivity index (χ0) is 25.6. The maximum Gasteiger partial charge on any atom is 0.412 e. The highest BCUT2D eigenvalue weighted by molar-refractivity contribution is 9.10. The van der Waals surface area contributed by atoms with Crippen LogP contribution in [0.1, 0.15) is 24.1 Å². The first-order valence-corrected chi connectivity index (χ1v) is 12.6. The number of aromatic nitrogens is 3. The molecule has 2 N–H and O–H groups in total. The number of nitrogens with one attached hydrogen (secondary N) is 2. The average Bonchev–Trinajstić information content (AvgIpc) is 2.93. The van der Waals surface area contributed by atoms with Crippen LogP contribution in [-0.2, 0) is 4.74 Å². The largest absolute Gasteiger partial charge is 0.450 e. The third-order valence-corrected chi connectivity index (χ3v) is 6.26. The number of ether oxygens (including phenoxy) is 1. The average molecular weight is 554 g/mol. The van der Waals surface area contributed by atoms with Crippen molar-refractivity contribution in [2.24, 2.45) is 0 Å². The van der Waals surface area contributed by atoms with Gasteiger partial charge in [0.05, 0.1) is 30.2 Å². The highest BCUT2D eigenvalue weighted by Crippen LogP contribution is 2.32. The number of hydrogen-bond acceptors (Lipinski definition) is 6. The van der Waals surface area contributed by atoms with E-state index in [2.05, 4.69) is 60.8 Å². The van der Waals surface area contributed by atoms with E-state index < -0.39 is 6.09 Å².